The summed E-state index contributed by atoms with van der Waals surface area (Å²) in [6.07, 6.45) is 3.23. The standard InChI is InChI=1S/C31H30ClN5O4/c1-20-2-7-25(8-3-20)41-31(39)36-16-12-26-27-18-22(32)6-11-28(27)35-29(26)30(36)21-4-9-24(10-5-21)40-17-13-23(38)19-37-33-14-15-34-37/h2-11,14-15,18,23,30,35,38H,12-13,16-17,19H2,1H3/t23?,30-/m0/s1. The molecular weight excluding hydrogens is 542 g/mol. The van der Waals surface area contributed by atoms with Gasteiger partial charge in [0.25, 0.3) is 0 Å². The Labute approximate surface area is 242 Å². The Morgan fingerprint density at radius 3 is 2.56 bits per heavy atom. The molecule has 41 heavy (non-hydrogen) atoms. The fourth-order valence-electron chi connectivity index (χ4n) is 5.25. The summed E-state index contributed by atoms with van der Waals surface area (Å²) in [7, 11) is 0. The maximum atomic E-state index is 13.5. The highest BCUT2D eigenvalue weighted by Gasteiger charge is 2.35. The van der Waals surface area contributed by atoms with Crippen molar-refractivity contribution < 1.29 is 19.4 Å². The van der Waals surface area contributed by atoms with Crippen molar-refractivity contribution in [3.05, 3.63) is 107 Å². The van der Waals surface area contributed by atoms with E-state index in [0.29, 0.717) is 49.1 Å². The molecule has 2 N–H and O–H groups in total. The van der Waals surface area contributed by atoms with Crippen molar-refractivity contribution in [1.29, 1.82) is 0 Å². The summed E-state index contributed by atoms with van der Waals surface area (Å²) < 4.78 is 11.7. The van der Waals surface area contributed by atoms with Crippen molar-refractivity contribution in [2.45, 2.75) is 38.5 Å². The Bertz CT molecular complexity index is 1630. The number of halogens is 1. The lowest BCUT2D eigenvalue weighted by Crippen LogP contribution is -2.42. The first kappa shape index (κ1) is 26.9. The van der Waals surface area contributed by atoms with E-state index in [4.69, 9.17) is 21.1 Å². The van der Waals surface area contributed by atoms with Crippen molar-refractivity contribution in [3.63, 3.8) is 0 Å². The molecule has 0 fully saturated rings. The molecule has 210 valence electrons. The number of hydrogen-bond donors (Lipinski definition) is 2. The van der Waals surface area contributed by atoms with E-state index in [9.17, 15) is 9.90 Å². The number of aromatic nitrogens is 4. The lowest BCUT2D eigenvalue weighted by Gasteiger charge is -2.35. The van der Waals surface area contributed by atoms with Gasteiger partial charge in [-0.05, 0) is 66.9 Å². The minimum absolute atomic E-state index is 0.309. The molecule has 0 saturated heterocycles. The highest BCUT2D eigenvalue weighted by Crippen LogP contribution is 2.40. The van der Waals surface area contributed by atoms with Crippen LogP contribution < -0.4 is 9.47 Å². The average molecular weight is 572 g/mol. The highest BCUT2D eigenvalue weighted by molar-refractivity contribution is 6.31. The number of aliphatic hydroxyl groups excluding tert-OH is 1. The third-order valence-corrected chi connectivity index (χ3v) is 7.54. The lowest BCUT2D eigenvalue weighted by molar-refractivity contribution is 0.114. The number of carbonyl (C=O) groups excluding carboxylic acids is 1. The smallest absolute Gasteiger partial charge is 0.416 e. The van der Waals surface area contributed by atoms with Crippen LogP contribution in [0, 0.1) is 6.92 Å². The first-order valence-electron chi connectivity index (χ1n) is 13.5. The second-order valence-electron chi connectivity index (χ2n) is 10.2. The van der Waals surface area contributed by atoms with Crippen LogP contribution in [-0.2, 0) is 13.0 Å². The summed E-state index contributed by atoms with van der Waals surface area (Å²) in [5.74, 6) is 1.18. The zero-order valence-corrected chi connectivity index (χ0v) is 23.3. The summed E-state index contributed by atoms with van der Waals surface area (Å²) in [6, 6.07) is 20.5. The van der Waals surface area contributed by atoms with Crippen LogP contribution in [0.1, 0.15) is 34.8 Å². The zero-order chi connectivity index (χ0) is 28.3. The van der Waals surface area contributed by atoms with Crippen LogP contribution in [0.15, 0.2) is 79.1 Å². The van der Waals surface area contributed by atoms with Crippen LogP contribution in [0.3, 0.4) is 0 Å². The molecule has 5 aromatic rings. The van der Waals surface area contributed by atoms with Crippen LogP contribution in [-0.4, -0.2) is 55.3 Å². The number of nitrogens with one attached hydrogen (secondary N) is 1. The Morgan fingerprint density at radius 2 is 1.80 bits per heavy atom. The fourth-order valence-corrected chi connectivity index (χ4v) is 5.42. The van der Waals surface area contributed by atoms with Gasteiger partial charge in [-0.1, -0.05) is 41.4 Å². The van der Waals surface area contributed by atoms with E-state index in [2.05, 4.69) is 15.2 Å². The fraction of sp³-hybridized carbons (Fsp3) is 0.258. The van der Waals surface area contributed by atoms with Crippen molar-refractivity contribution in [3.8, 4) is 11.5 Å². The minimum atomic E-state index is -0.619. The van der Waals surface area contributed by atoms with Gasteiger partial charge in [-0.3, -0.25) is 4.90 Å². The van der Waals surface area contributed by atoms with Crippen LogP contribution >= 0.6 is 11.6 Å². The van der Waals surface area contributed by atoms with Crippen LogP contribution in [0.2, 0.25) is 5.02 Å². The Kier molecular flexibility index (Phi) is 7.63. The molecular formula is C31H30ClN5O4. The largest absolute Gasteiger partial charge is 0.493 e. The molecule has 2 atom stereocenters. The maximum Gasteiger partial charge on any atom is 0.416 e. The molecule has 1 unspecified atom stereocenters. The van der Waals surface area contributed by atoms with Crippen LogP contribution in [0.4, 0.5) is 4.79 Å². The van der Waals surface area contributed by atoms with Gasteiger partial charge in [0.05, 0.1) is 31.6 Å². The molecule has 0 saturated carbocycles. The zero-order valence-electron chi connectivity index (χ0n) is 22.5. The van der Waals surface area contributed by atoms with Gasteiger partial charge in [-0.15, -0.1) is 0 Å². The number of aryl methyl sites for hydroxylation is 1. The van der Waals surface area contributed by atoms with Crippen LogP contribution in [0.25, 0.3) is 10.9 Å². The number of hydrogen-bond acceptors (Lipinski definition) is 6. The molecule has 2 aromatic heterocycles. The first-order valence-corrected chi connectivity index (χ1v) is 13.9. The SMILES string of the molecule is Cc1ccc(OC(=O)N2CCc3c([nH]c4ccc(Cl)cc34)[C@@H]2c2ccc(OCCC(O)Cn3nccn3)cc2)cc1. The highest BCUT2D eigenvalue weighted by atomic mass is 35.5. The number of nitrogens with zero attached hydrogens (tertiary/aromatic N) is 4. The predicted octanol–water partition coefficient (Wildman–Crippen LogP) is 5.70. The number of H-pyrrole nitrogens is 1. The average Bonchev–Trinajstić information content (AvgIpc) is 3.61. The van der Waals surface area contributed by atoms with Crippen molar-refractivity contribution in [2.75, 3.05) is 13.2 Å². The number of aliphatic hydroxyl groups is 1. The van der Waals surface area contributed by atoms with Crippen molar-refractivity contribution >= 4 is 28.6 Å². The number of amides is 1. The molecule has 0 aliphatic carbocycles. The minimum Gasteiger partial charge on any atom is -0.493 e. The monoisotopic (exact) mass is 571 g/mol. The molecule has 6 rings (SSSR count). The number of rotatable bonds is 8. The molecule has 1 aliphatic rings. The lowest BCUT2D eigenvalue weighted by atomic mass is 9.92. The first-order chi connectivity index (χ1) is 19.9. The number of fused-ring (bicyclic) bond motifs is 3. The predicted molar refractivity (Wildman–Crippen MR) is 155 cm³/mol. The normalized spacial score (nSPS) is 15.5. The molecule has 10 heteroatoms. The molecule has 0 bridgehead atoms. The summed E-state index contributed by atoms with van der Waals surface area (Å²) in [6.45, 7) is 3.13. The Hall–Kier alpha value is -4.34. The maximum absolute atomic E-state index is 13.5. The second kappa shape index (κ2) is 11.6. The number of aromatic amines is 1. The molecule has 9 nitrogen and oxygen atoms in total. The van der Waals surface area contributed by atoms with Gasteiger partial charge in [0, 0.05) is 34.6 Å². The van der Waals surface area contributed by atoms with E-state index in [1.54, 1.807) is 29.4 Å². The molecule has 3 heterocycles. The third kappa shape index (κ3) is 5.91. The molecule has 1 amide bonds. The number of benzene rings is 3. The van der Waals surface area contributed by atoms with E-state index < -0.39 is 12.2 Å². The third-order valence-electron chi connectivity index (χ3n) is 7.31. The Balaban J connectivity index is 1.23. The summed E-state index contributed by atoms with van der Waals surface area (Å²) in [4.78, 5) is 20.3. The van der Waals surface area contributed by atoms with Crippen molar-refractivity contribution in [1.82, 2.24) is 24.9 Å². The quantitative estimate of drug-likeness (QED) is 0.248. The topological polar surface area (TPSA) is 106 Å². The molecule has 3 aromatic carbocycles. The second-order valence-corrected chi connectivity index (χ2v) is 10.6. The molecule has 0 radical (unpaired) electrons. The van der Waals surface area contributed by atoms with Crippen molar-refractivity contribution in [2.24, 2.45) is 0 Å². The Morgan fingerprint density at radius 1 is 1.07 bits per heavy atom. The van der Waals surface area contributed by atoms with E-state index in [1.165, 1.54) is 4.80 Å². The van der Waals surface area contributed by atoms with Gasteiger partial charge in [-0.25, -0.2) is 4.79 Å². The van der Waals surface area contributed by atoms with Gasteiger partial charge in [0.2, 0.25) is 0 Å². The van der Waals surface area contributed by atoms with E-state index in [-0.39, 0.29) is 6.04 Å². The van der Waals surface area contributed by atoms with Gasteiger partial charge >= 0.3 is 6.09 Å². The van der Waals surface area contributed by atoms with E-state index >= 15 is 0 Å². The number of carbonyl (C=O) groups is 1. The molecule has 0 spiro atoms. The summed E-state index contributed by atoms with van der Waals surface area (Å²) >= 11 is 6.33. The van der Waals surface area contributed by atoms with E-state index in [1.807, 2.05) is 61.5 Å². The van der Waals surface area contributed by atoms with Crippen LogP contribution in [0.5, 0.6) is 11.5 Å². The van der Waals surface area contributed by atoms with Gasteiger partial charge in [0.1, 0.15) is 17.5 Å². The molecule has 1 aliphatic heterocycles. The number of ether oxygens (including phenoxy) is 2. The van der Waals surface area contributed by atoms with Gasteiger partial charge in [-0.2, -0.15) is 15.0 Å². The van der Waals surface area contributed by atoms with Gasteiger partial charge < -0.3 is 19.6 Å². The van der Waals surface area contributed by atoms with E-state index in [0.717, 1.165) is 33.3 Å². The summed E-state index contributed by atoms with van der Waals surface area (Å²) in [5, 5.41) is 20.0. The van der Waals surface area contributed by atoms with Gasteiger partial charge in [0.15, 0.2) is 0 Å². The summed E-state index contributed by atoms with van der Waals surface area (Å²) in [5.41, 5.74) is 5.07.